The van der Waals surface area contributed by atoms with Gasteiger partial charge in [0.1, 0.15) is 0 Å². The second kappa shape index (κ2) is 5.48. The molecule has 0 bridgehead atoms. The van der Waals surface area contributed by atoms with Crippen LogP contribution in [-0.4, -0.2) is 49.3 Å². The fourth-order valence-corrected chi connectivity index (χ4v) is 3.23. The number of nitrogens with one attached hydrogen (secondary N) is 1. The molecular formula is C15H30N2O. The van der Waals surface area contributed by atoms with Gasteiger partial charge in [-0.2, -0.15) is 0 Å². The van der Waals surface area contributed by atoms with Gasteiger partial charge in [-0.1, -0.05) is 27.7 Å². The van der Waals surface area contributed by atoms with Gasteiger partial charge in [0.05, 0.1) is 6.10 Å². The predicted molar refractivity (Wildman–Crippen MR) is 75.8 cm³/mol. The highest BCUT2D eigenvalue weighted by atomic mass is 16.5. The SMILES string of the molecule is CCC1CNC(C(C)(C)C)CN1C1CC(OC)C1. The van der Waals surface area contributed by atoms with Crippen molar-refractivity contribution in [1.29, 1.82) is 0 Å². The number of nitrogens with zero attached hydrogens (tertiary/aromatic N) is 1. The minimum atomic E-state index is 0.349. The van der Waals surface area contributed by atoms with E-state index in [4.69, 9.17) is 4.74 Å². The van der Waals surface area contributed by atoms with Gasteiger partial charge in [0.25, 0.3) is 0 Å². The van der Waals surface area contributed by atoms with E-state index in [1.165, 1.54) is 25.8 Å². The molecule has 1 N–H and O–H groups in total. The van der Waals surface area contributed by atoms with Crippen LogP contribution in [0.4, 0.5) is 0 Å². The van der Waals surface area contributed by atoms with E-state index in [0.29, 0.717) is 23.6 Å². The molecule has 1 saturated heterocycles. The number of rotatable bonds is 3. The third-order valence-electron chi connectivity index (χ3n) is 4.85. The molecule has 0 aromatic rings. The lowest BCUT2D eigenvalue weighted by Crippen LogP contribution is -2.64. The molecule has 3 heteroatoms. The first-order valence-corrected chi connectivity index (χ1v) is 7.47. The van der Waals surface area contributed by atoms with Gasteiger partial charge >= 0.3 is 0 Å². The number of piperazine rings is 1. The molecule has 0 spiro atoms. The third-order valence-corrected chi connectivity index (χ3v) is 4.85. The first-order chi connectivity index (χ1) is 8.45. The Hall–Kier alpha value is -0.120. The fourth-order valence-electron chi connectivity index (χ4n) is 3.23. The molecule has 18 heavy (non-hydrogen) atoms. The van der Waals surface area contributed by atoms with Crippen molar-refractivity contribution in [3.63, 3.8) is 0 Å². The lowest BCUT2D eigenvalue weighted by atomic mass is 9.81. The van der Waals surface area contributed by atoms with Crippen LogP contribution >= 0.6 is 0 Å². The fraction of sp³-hybridized carbons (Fsp3) is 1.00. The van der Waals surface area contributed by atoms with Gasteiger partial charge in [0, 0.05) is 38.3 Å². The Morgan fingerprint density at radius 3 is 2.44 bits per heavy atom. The third kappa shape index (κ3) is 2.89. The highest BCUT2D eigenvalue weighted by Gasteiger charge is 2.41. The van der Waals surface area contributed by atoms with Crippen LogP contribution in [0.1, 0.15) is 47.0 Å². The summed E-state index contributed by atoms with van der Waals surface area (Å²) < 4.78 is 5.43. The number of methoxy groups -OCH3 is 1. The number of hydrogen-bond acceptors (Lipinski definition) is 3. The number of ether oxygens (including phenoxy) is 1. The van der Waals surface area contributed by atoms with Gasteiger partial charge in [-0.05, 0) is 24.7 Å². The zero-order valence-corrected chi connectivity index (χ0v) is 12.7. The summed E-state index contributed by atoms with van der Waals surface area (Å²) in [6, 6.07) is 2.08. The highest BCUT2D eigenvalue weighted by molar-refractivity contribution is 4.98. The molecule has 0 radical (unpaired) electrons. The number of hydrogen-bond donors (Lipinski definition) is 1. The first kappa shape index (κ1) is 14.3. The molecular weight excluding hydrogens is 224 g/mol. The first-order valence-electron chi connectivity index (χ1n) is 7.47. The summed E-state index contributed by atoms with van der Waals surface area (Å²) in [5, 5.41) is 3.75. The van der Waals surface area contributed by atoms with E-state index < -0.39 is 0 Å². The average molecular weight is 254 g/mol. The molecule has 2 aliphatic rings. The monoisotopic (exact) mass is 254 g/mol. The smallest absolute Gasteiger partial charge is 0.0601 e. The van der Waals surface area contributed by atoms with Crippen LogP contribution in [0.15, 0.2) is 0 Å². The van der Waals surface area contributed by atoms with Crippen molar-refractivity contribution < 1.29 is 4.74 Å². The molecule has 1 saturated carbocycles. The van der Waals surface area contributed by atoms with Gasteiger partial charge in [0.2, 0.25) is 0 Å². The van der Waals surface area contributed by atoms with Crippen LogP contribution < -0.4 is 5.32 Å². The van der Waals surface area contributed by atoms with Crippen LogP contribution in [0.25, 0.3) is 0 Å². The second-order valence-electron chi connectivity index (χ2n) is 7.07. The molecule has 2 unspecified atom stereocenters. The molecule has 1 aliphatic heterocycles. The summed E-state index contributed by atoms with van der Waals surface area (Å²) in [4.78, 5) is 2.75. The van der Waals surface area contributed by atoms with Gasteiger partial charge < -0.3 is 10.1 Å². The van der Waals surface area contributed by atoms with Crippen LogP contribution in [0.5, 0.6) is 0 Å². The summed E-state index contributed by atoms with van der Waals surface area (Å²) in [6.07, 6.45) is 4.21. The second-order valence-corrected chi connectivity index (χ2v) is 7.07. The van der Waals surface area contributed by atoms with E-state index in [2.05, 4.69) is 37.9 Å². The average Bonchev–Trinajstić information content (AvgIpc) is 2.26. The molecule has 0 amide bonds. The molecule has 3 nitrogen and oxygen atoms in total. The Labute approximate surface area is 112 Å². The van der Waals surface area contributed by atoms with E-state index in [1.54, 1.807) is 0 Å². The molecule has 2 rings (SSSR count). The van der Waals surface area contributed by atoms with Crippen LogP contribution in [0.2, 0.25) is 0 Å². The molecule has 1 aliphatic carbocycles. The zero-order valence-electron chi connectivity index (χ0n) is 12.7. The minimum Gasteiger partial charge on any atom is -0.381 e. The van der Waals surface area contributed by atoms with Crippen molar-refractivity contribution in [2.75, 3.05) is 20.2 Å². The van der Waals surface area contributed by atoms with Crippen molar-refractivity contribution in [2.45, 2.75) is 71.2 Å². The lowest BCUT2D eigenvalue weighted by Gasteiger charge is -2.52. The molecule has 0 aromatic heterocycles. The Kier molecular flexibility index (Phi) is 4.35. The van der Waals surface area contributed by atoms with E-state index in [1.807, 2.05) is 7.11 Å². The standard InChI is InChI=1S/C15H30N2O/c1-6-11-9-16-14(15(2,3)4)10-17(11)12-7-13(8-12)18-5/h11-14,16H,6-10H2,1-5H3. The zero-order chi connectivity index (χ0) is 13.3. The highest BCUT2D eigenvalue weighted by Crippen LogP contribution is 2.33. The maximum atomic E-state index is 5.43. The van der Waals surface area contributed by atoms with Gasteiger partial charge in [-0.3, -0.25) is 4.90 Å². The Balaban J connectivity index is 1.96. The topological polar surface area (TPSA) is 24.5 Å². The molecule has 106 valence electrons. The quantitative estimate of drug-likeness (QED) is 0.836. The van der Waals surface area contributed by atoms with Gasteiger partial charge in [-0.25, -0.2) is 0 Å². The lowest BCUT2D eigenvalue weighted by molar-refractivity contribution is -0.0591. The van der Waals surface area contributed by atoms with E-state index in [9.17, 15) is 0 Å². The van der Waals surface area contributed by atoms with Crippen molar-refractivity contribution in [3.8, 4) is 0 Å². The molecule has 2 atom stereocenters. The van der Waals surface area contributed by atoms with E-state index in [-0.39, 0.29) is 0 Å². The van der Waals surface area contributed by atoms with Gasteiger partial charge in [0.15, 0.2) is 0 Å². The molecule has 2 fully saturated rings. The van der Waals surface area contributed by atoms with Crippen LogP contribution in [0, 0.1) is 5.41 Å². The van der Waals surface area contributed by atoms with Crippen LogP contribution in [0.3, 0.4) is 0 Å². The Morgan fingerprint density at radius 1 is 1.28 bits per heavy atom. The van der Waals surface area contributed by atoms with E-state index >= 15 is 0 Å². The summed E-state index contributed by atoms with van der Waals surface area (Å²) >= 11 is 0. The normalized spacial score (nSPS) is 38.5. The maximum absolute atomic E-state index is 5.43. The minimum absolute atomic E-state index is 0.349. The van der Waals surface area contributed by atoms with E-state index in [0.717, 1.165) is 12.6 Å². The summed E-state index contributed by atoms with van der Waals surface area (Å²) in [5.74, 6) is 0. The van der Waals surface area contributed by atoms with Crippen molar-refractivity contribution >= 4 is 0 Å². The van der Waals surface area contributed by atoms with Crippen molar-refractivity contribution in [1.82, 2.24) is 10.2 Å². The van der Waals surface area contributed by atoms with Crippen molar-refractivity contribution in [3.05, 3.63) is 0 Å². The van der Waals surface area contributed by atoms with Gasteiger partial charge in [-0.15, -0.1) is 0 Å². The summed E-state index contributed by atoms with van der Waals surface area (Å²) in [5.41, 5.74) is 0.349. The largest absolute Gasteiger partial charge is 0.381 e. The van der Waals surface area contributed by atoms with Crippen LogP contribution in [-0.2, 0) is 4.74 Å². The maximum Gasteiger partial charge on any atom is 0.0601 e. The molecule has 1 heterocycles. The Bertz CT molecular complexity index is 268. The summed E-state index contributed by atoms with van der Waals surface area (Å²) in [7, 11) is 1.84. The van der Waals surface area contributed by atoms with Crippen molar-refractivity contribution in [2.24, 2.45) is 5.41 Å². The predicted octanol–water partition coefficient (Wildman–Crippen LogP) is 2.26. The summed E-state index contributed by atoms with van der Waals surface area (Å²) in [6.45, 7) is 11.7. The Morgan fingerprint density at radius 2 is 1.94 bits per heavy atom. The molecule has 0 aromatic carbocycles.